The van der Waals surface area contributed by atoms with Gasteiger partial charge in [0.2, 0.25) is 0 Å². The highest BCUT2D eigenvalue weighted by molar-refractivity contribution is 5.99. The third kappa shape index (κ3) is 1.50. The van der Waals surface area contributed by atoms with Gasteiger partial charge in [-0.2, -0.15) is 0 Å². The van der Waals surface area contributed by atoms with Crippen LogP contribution in [0.15, 0.2) is 24.8 Å². The zero-order chi connectivity index (χ0) is 10.2. The quantitative estimate of drug-likeness (QED) is 0.679. The fourth-order valence-electron chi connectivity index (χ4n) is 1.62. The minimum atomic E-state index is -0.190. The van der Waals surface area contributed by atoms with Crippen molar-refractivity contribution in [2.24, 2.45) is 5.41 Å². The van der Waals surface area contributed by atoms with Gasteiger partial charge in [-0.1, -0.05) is 13.8 Å². The summed E-state index contributed by atoms with van der Waals surface area (Å²) in [4.78, 5) is 15.7. The van der Waals surface area contributed by atoms with Gasteiger partial charge in [0.1, 0.15) is 0 Å². The highest BCUT2D eigenvalue weighted by atomic mass is 16.1. The lowest BCUT2D eigenvalue weighted by Crippen LogP contribution is -2.26. The van der Waals surface area contributed by atoms with Crippen LogP contribution in [0, 0.1) is 5.41 Å². The summed E-state index contributed by atoms with van der Waals surface area (Å²) in [6, 6.07) is 0. The SMILES string of the molecule is CC1(C)CCC(n2ccnc2)=CC1=O. The van der Waals surface area contributed by atoms with Crippen LogP contribution in [-0.2, 0) is 4.79 Å². The Morgan fingerprint density at radius 2 is 2.29 bits per heavy atom. The van der Waals surface area contributed by atoms with Gasteiger partial charge in [0.15, 0.2) is 5.78 Å². The molecule has 0 fully saturated rings. The Morgan fingerprint density at radius 3 is 2.86 bits per heavy atom. The van der Waals surface area contributed by atoms with Crippen LogP contribution in [-0.4, -0.2) is 15.3 Å². The topological polar surface area (TPSA) is 34.9 Å². The maximum atomic E-state index is 11.7. The Bertz CT molecular complexity index is 374. The first kappa shape index (κ1) is 9.19. The van der Waals surface area contributed by atoms with Crippen molar-refractivity contribution in [3.8, 4) is 0 Å². The van der Waals surface area contributed by atoms with E-state index in [0.29, 0.717) is 0 Å². The molecule has 74 valence electrons. The molecule has 0 radical (unpaired) electrons. The van der Waals surface area contributed by atoms with Crippen molar-refractivity contribution in [3.05, 3.63) is 24.8 Å². The van der Waals surface area contributed by atoms with E-state index in [1.165, 1.54) is 0 Å². The molecule has 0 spiro atoms. The van der Waals surface area contributed by atoms with E-state index in [9.17, 15) is 4.79 Å². The van der Waals surface area contributed by atoms with E-state index < -0.39 is 0 Å². The van der Waals surface area contributed by atoms with Crippen LogP contribution in [0.5, 0.6) is 0 Å². The van der Waals surface area contributed by atoms with Crippen molar-refractivity contribution in [1.82, 2.24) is 9.55 Å². The van der Waals surface area contributed by atoms with E-state index in [2.05, 4.69) is 4.98 Å². The molecule has 1 aromatic rings. The number of nitrogens with zero attached hydrogens (tertiary/aromatic N) is 2. The highest BCUT2D eigenvalue weighted by Crippen LogP contribution is 2.32. The average Bonchev–Trinajstić information content (AvgIpc) is 2.62. The number of carbonyl (C=O) groups is 1. The van der Waals surface area contributed by atoms with E-state index >= 15 is 0 Å². The normalized spacial score (nSPS) is 20.7. The molecular formula is C11H14N2O. The van der Waals surface area contributed by atoms with Crippen LogP contribution in [0.4, 0.5) is 0 Å². The van der Waals surface area contributed by atoms with Crippen molar-refractivity contribution in [2.45, 2.75) is 26.7 Å². The molecule has 0 N–H and O–H groups in total. The first-order chi connectivity index (χ1) is 6.59. The summed E-state index contributed by atoms with van der Waals surface area (Å²) in [6.07, 6.45) is 8.93. The monoisotopic (exact) mass is 190 g/mol. The van der Waals surface area contributed by atoms with Crippen molar-refractivity contribution in [3.63, 3.8) is 0 Å². The largest absolute Gasteiger partial charge is 0.310 e. The number of carbonyl (C=O) groups excluding carboxylic acids is 1. The Hall–Kier alpha value is -1.38. The zero-order valence-corrected chi connectivity index (χ0v) is 8.53. The van der Waals surface area contributed by atoms with Gasteiger partial charge in [-0.15, -0.1) is 0 Å². The molecule has 1 aliphatic carbocycles. The molecule has 0 bridgehead atoms. The molecule has 0 aliphatic heterocycles. The molecule has 0 amide bonds. The van der Waals surface area contributed by atoms with Gasteiger partial charge >= 0.3 is 0 Å². The zero-order valence-electron chi connectivity index (χ0n) is 8.53. The molecule has 0 unspecified atom stereocenters. The van der Waals surface area contributed by atoms with Crippen LogP contribution in [0.25, 0.3) is 5.70 Å². The predicted octanol–water partition coefficient (Wildman–Crippen LogP) is 2.11. The minimum Gasteiger partial charge on any atom is -0.310 e. The molecule has 3 nitrogen and oxygen atoms in total. The van der Waals surface area contributed by atoms with Gasteiger partial charge in [-0.25, -0.2) is 4.98 Å². The number of imidazole rings is 1. The second kappa shape index (κ2) is 3.08. The number of rotatable bonds is 1. The Kier molecular flexibility index (Phi) is 2.02. The van der Waals surface area contributed by atoms with E-state index in [0.717, 1.165) is 18.5 Å². The maximum Gasteiger partial charge on any atom is 0.163 e. The van der Waals surface area contributed by atoms with Gasteiger partial charge in [0.05, 0.1) is 6.33 Å². The number of ketones is 1. The number of hydrogen-bond acceptors (Lipinski definition) is 2. The molecule has 2 rings (SSSR count). The summed E-state index contributed by atoms with van der Waals surface area (Å²) in [7, 11) is 0. The van der Waals surface area contributed by atoms with Gasteiger partial charge in [-0.3, -0.25) is 4.79 Å². The van der Waals surface area contributed by atoms with Crippen molar-refractivity contribution in [1.29, 1.82) is 0 Å². The van der Waals surface area contributed by atoms with E-state index in [4.69, 9.17) is 0 Å². The van der Waals surface area contributed by atoms with Gasteiger partial charge < -0.3 is 4.57 Å². The Balaban J connectivity index is 2.30. The molecule has 1 heterocycles. The molecule has 0 saturated heterocycles. The van der Waals surface area contributed by atoms with Crippen LogP contribution in [0.3, 0.4) is 0 Å². The molecule has 14 heavy (non-hydrogen) atoms. The van der Waals surface area contributed by atoms with Gasteiger partial charge in [-0.05, 0) is 12.8 Å². The summed E-state index contributed by atoms with van der Waals surface area (Å²) < 4.78 is 1.91. The summed E-state index contributed by atoms with van der Waals surface area (Å²) in [5.41, 5.74) is 0.858. The Morgan fingerprint density at radius 1 is 1.50 bits per heavy atom. The van der Waals surface area contributed by atoms with E-state index in [1.54, 1.807) is 18.6 Å². The number of hydrogen-bond donors (Lipinski definition) is 0. The molecular weight excluding hydrogens is 176 g/mol. The Labute approximate surface area is 83.5 Å². The summed E-state index contributed by atoms with van der Waals surface area (Å²) in [6.45, 7) is 3.99. The second-order valence-electron chi connectivity index (χ2n) is 4.35. The first-order valence-electron chi connectivity index (χ1n) is 4.83. The summed E-state index contributed by atoms with van der Waals surface area (Å²) in [5.74, 6) is 0.215. The first-order valence-corrected chi connectivity index (χ1v) is 4.83. The average molecular weight is 190 g/mol. The third-order valence-electron chi connectivity index (χ3n) is 2.81. The van der Waals surface area contributed by atoms with Crippen LogP contribution < -0.4 is 0 Å². The molecule has 0 atom stereocenters. The highest BCUT2D eigenvalue weighted by Gasteiger charge is 2.30. The van der Waals surface area contributed by atoms with Crippen molar-refractivity contribution < 1.29 is 4.79 Å². The number of aromatic nitrogens is 2. The standard InChI is InChI=1S/C11H14N2O/c1-11(2)4-3-9(7-10(11)14)13-6-5-12-8-13/h5-8H,3-4H2,1-2H3. The molecule has 1 aliphatic rings. The molecule has 0 aromatic carbocycles. The van der Waals surface area contributed by atoms with Crippen LogP contribution in [0.1, 0.15) is 26.7 Å². The molecule has 0 saturated carbocycles. The van der Waals surface area contributed by atoms with Gasteiger partial charge in [0.25, 0.3) is 0 Å². The molecule has 3 heteroatoms. The lowest BCUT2D eigenvalue weighted by atomic mass is 9.79. The van der Waals surface area contributed by atoms with Crippen LogP contribution in [0.2, 0.25) is 0 Å². The van der Waals surface area contributed by atoms with E-state index in [-0.39, 0.29) is 11.2 Å². The lowest BCUT2D eigenvalue weighted by molar-refractivity contribution is -0.122. The fraction of sp³-hybridized carbons (Fsp3) is 0.455. The van der Waals surface area contributed by atoms with Crippen molar-refractivity contribution in [2.75, 3.05) is 0 Å². The maximum absolute atomic E-state index is 11.7. The lowest BCUT2D eigenvalue weighted by Gasteiger charge is -2.27. The fourth-order valence-corrected chi connectivity index (χ4v) is 1.62. The van der Waals surface area contributed by atoms with Crippen molar-refractivity contribution >= 4 is 11.5 Å². The summed E-state index contributed by atoms with van der Waals surface area (Å²) >= 11 is 0. The second-order valence-corrected chi connectivity index (χ2v) is 4.35. The van der Waals surface area contributed by atoms with Gasteiger partial charge in [0, 0.05) is 29.6 Å². The number of allylic oxidation sites excluding steroid dienone is 2. The summed E-state index contributed by atoms with van der Waals surface area (Å²) in [5, 5.41) is 0. The minimum absolute atomic E-state index is 0.190. The smallest absolute Gasteiger partial charge is 0.163 e. The molecule has 1 aromatic heterocycles. The van der Waals surface area contributed by atoms with E-state index in [1.807, 2.05) is 24.6 Å². The van der Waals surface area contributed by atoms with Crippen LogP contribution >= 0.6 is 0 Å². The third-order valence-corrected chi connectivity index (χ3v) is 2.81. The predicted molar refractivity (Wildman–Crippen MR) is 54.5 cm³/mol.